The van der Waals surface area contributed by atoms with Crippen LogP contribution in [0.5, 0.6) is 5.75 Å². The highest BCUT2D eigenvalue weighted by Crippen LogP contribution is 2.33. The lowest BCUT2D eigenvalue weighted by Crippen LogP contribution is -2.05. The van der Waals surface area contributed by atoms with E-state index in [1.165, 1.54) is 0 Å². The van der Waals surface area contributed by atoms with Gasteiger partial charge in [-0.2, -0.15) is 10.2 Å². The van der Waals surface area contributed by atoms with Crippen molar-refractivity contribution >= 4 is 11.6 Å². The molecule has 1 aromatic heterocycles. The van der Waals surface area contributed by atoms with Gasteiger partial charge >= 0.3 is 0 Å². The van der Waals surface area contributed by atoms with E-state index in [1.807, 2.05) is 31.2 Å². The number of ether oxygens (including phenoxy) is 1. The Morgan fingerprint density at radius 3 is 2.63 bits per heavy atom. The van der Waals surface area contributed by atoms with Crippen LogP contribution in [0.2, 0.25) is 5.02 Å². The molecule has 4 nitrogen and oxygen atoms in total. The zero-order valence-corrected chi connectivity index (χ0v) is 11.7. The Bertz CT molecular complexity index is 570. The van der Waals surface area contributed by atoms with Gasteiger partial charge in [-0.15, -0.1) is 0 Å². The highest BCUT2D eigenvalue weighted by Gasteiger charge is 2.11. The number of hydrogen-bond acceptors (Lipinski definition) is 4. The summed E-state index contributed by atoms with van der Waals surface area (Å²) in [6.07, 6.45) is 0.721. The van der Waals surface area contributed by atoms with Crippen molar-refractivity contribution in [1.29, 1.82) is 0 Å². The maximum absolute atomic E-state index is 6.15. The van der Waals surface area contributed by atoms with Crippen LogP contribution in [-0.2, 0) is 6.42 Å². The molecule has 0 aliphatic rings. The van der Waals surface area contributed by atoms with Crippen LogP contribution in [0.15, 0.2) is 24.3 Å². The lowest BCUT2D eigenvalue weighted by Gasteiger charge is -2.10. The number of hydrogen-bond donors (Lipinski definition) is 1. The highest BCUT2D eigenvalue weighted by molar-refractivity contribution is 6.31. The molecule has 0 saturated heterocycles. The number of aryl methyl sites for hydroxylation is 1. The number of nitrogens with two attached hydrogens (primary N) is 1. The van der Waals surface area contributed by atoms with Gasteiger partial charge in [0.25, 0.3) is 0 Å². The fourth-order valence-electron chi connectivity index (χ4n) is 1.81. The first kappa shape index (κ1) is 13.8. The van der Waals surface area contributed by atoms with Gasteiger partial charge in [0.15, 0.2) is 0 Å². The minimum Gasteiger partial charge on any atom is -0.496 e. The molecule has 2 aromatic rings. The summed E-state index contributed by atoms with van der Waals surface area (Å²) >= 11 is 6.15. The van der Waals surface area contributed by atoms with E-state index in [9.17, 15) is 0 Å². The van der Waals surface area contributed by atoms with Gasteiger partial charge in [-0.25, -0.2) is 0 Å². The Morgan fingerprint density at radius 2 is 2.05 bits per heavy atom. The normalized spacial score (nSPS) is 10.5. The van der Waals surface area contributed by atoms with Gasteiger partial charge < -0.3 is 10.5 Å². The molecular formula is C14H16ClN3O. The van der Waals surface area contributed by atoms with Crippen molar-refractivity contribution in [2.75, 3.05) is 13.7 Å². The first-order valence-electron chi connectivity index (χ1n) is 6.03. The monoisotopic (exact) mass is 277 g/mol. The summed E-state index contributed by atoms with van der Waals surface area (Å²) in [5.41, 5.74) is 8.91. The second kappa shape index (κ2) is 5.99. The maximum atomic E-state index is 6.15. The molecule has 0 spiro atoms. The van der Waals surface area contributed by atoms with Crippen molar-refractivity contribution in [3.05, 3.63) is 40.5 Å². The quantitative estimate of drug-likeness (QED) is 0.933. The third-order valence-electron chi connectivity index (χ3n) is 2.88. The van der Waals surface area contributed by atoms with Crippen molar-refractivity contribution < 1.29 is 4.74 Å². The Labute approximate surface area is 117 Å². The molecule has 0 aliphatic heterocycles. The fourth-order valence-corrected chi connectivity index (χ4v) is 1.97. The Hall–Kier alpha value is -1.65. The molecule has 0 aliphatic carbocycles. The molecular weight excluding hydrogens is 262 g/mol. The van der Waals surface area contributed by atoms with Crippen LogP contribution in [0.25, 0.3) is 11.3 Å². The van der Waals surface area contributed by atoms with Crippen LogP contribution >= 0.6 is 11.6 Å². The minimum absolute atomic E-state index is 0.563. The molecule has 1 heterocycles. The van der Waals surface area contributed by atoms with Crippen molar-refractivity contribution in [1.82, 2.24) is 10.2 Å². The van der Waals surface area contributed by atoms with E-state index in [2.05, 4.69) is 10.2 Å². The molecule has 0 atom stereocenters. The Balaban J connectivity index is 2.43. The van der Waals surface area contributed by atoms with E-state index < -0.39 is 0 Å². The lowest BCUT2D eigenvalue weighted by molar-refractivity contribution is 0.416. The first-order valence-corrected chi connectivity index (χ1v) is 6.40. The molecule has 0 bridgehead atoms. The standard InChI is InChI=1S/C14H16ClN3O/c1-9-7-14(19-2)11(8-12(9)15)13-4-3-10(5-6-16)17-18-13/h3-4,7-8H,5-6,16H2,1-2H3. The third kappa shape index (κ3) is 3.03. The summed E-state index contributed by atoms with van der Waals surface area (Å²) in [6.45, 7) is 2.50. The minimum atomic E-state index is 0.563. The molecule has 0 radical (unpaired) electrons. The third-order valence-corrected chi connectivity index (χ3v) is 3.28. The van der Waals surface area contributed by atoms with Crippen molar-refractivity contribution in [2.45, 2.75) is 13.3 Å². The molecule has 0 amide bonds. The molecule has 2 N–H and O–H groups in total. The molecule has 100 valence electrons. The molecule has 2 rings (SSSR count). The second-order valence-corrected chi connectivity index (χ2v) is 4.66. The summed E-state index contributed by atoms with van der Waals surface area (Å²) in [4.78, 5) is 0. The summed E-state index contributed by atoms with van der Waals surface area (Å²) in [5.74, 6) is 0.739. The topological polar surface area (TPSA) is 61.0 Å². The SMILES string of the molecule is COc1cc(C)c(Cl)cc1-c1ccc(CCN)nn1. The average molecular weight is 278 g/mol. The van der Waals surface area contributed by atoms with Gasteiger partial charge in [0.2, 0.25) is 0 Å². The molecule has 0 unspecified atom stereocenters. The average Bonchev–Trinajstić information content (AvgIpc) is 2.43. The highest BCUT2D eigenvalue weighted by atomic mass is 35.5. The largest absolute Gasteiger partial charge is 0.496 e. The van der Waals surface area contributed by atoms with Crippen LogP contribution in [0.4, 0.5) is 0 Å². The van der Waals surface area contributed by atoms with E-state index in [0.29, 0.717) is 11.6 Å². The van der Waals surface area contributed by atoms with E-state index in [0.717, 1.165) is 34.7 Å². The second-order valence-electron chi connectivity index (χ2n) is 4.25. The maximum Gasteiger partial charge on any atom is 0.128 e. The number of halogens is 1. The molecule has 0 saturated carbocycles. The van der Waals surface area contributed by atoms with E-state index in [4.69, 9.17) is 22.1 Å². The van der Waals surface area contributed by atoms with Gasteiger partial charge in [0.1, 0.15) is 5.75 Å². The fraction of sp³-hybridized carbons (Fsp3) is 0.286. The summed E-state index contributed by atoms with van der Waals surface area (Å²) < 4.78 is 5.37. The van der Waals surface area contributed by atoms with Crippen LogP contribution in [0.1, 0.15) is 11.3 Å². The Morgan fingerprint density at radius 1 is 1.26 bits per heavy atom. The number of methoxy groups -OCH3 is 1. The number of rotatable bonds is 4. The Kier molecular flexibility index (Phi) is 4.35. The molecule has 5 heteroatoms. The predicted octanol–water partition coefficient (Wildman–Crippen LogP) is 2.62. The number of benzene rings is 1. The lowest BCUT2D eigenvalue weighted by atomic mass is 10.1. The van der Waals surface area contributed by atoms with E-state index in [-0.39, 0.29) is 0 Å². The number of nitrogens with zero attached hydrogens (tertiary/aromatic N) is 2. The zero-order chi connectivity index (χ0) is 13.8. The summed E-state index contributed by atoms with van der Waals surface area (Å²) in [7, 11) is 1.63. The van der Waals surface area contributed by atoms with E-state index in [1.54, 1.807) is 7.11 Å². The van der Waals surface area contributed by atoms with Crippen LogP contribution in [0, 0.1) is 6.92 Å². The smallest absolute Gasteiger partial charge is 0.128 e. The van der Waals surface area contributed by atoms with Crippen molar-refractivity contribution in [3.8, 4) is 17.0 Å². The zero-order valence-electron chi connectivity index (χ0n) is 11.0. The molecule has 0 fully saturated rings. The van der Waals surface area contributed by atoms with Gasteiger partial charge in [0.05, 0.1) is 18.5 Å². The van der Waals surface area contributed by atoms with Gasteiger partial charge in [-0.3, -0.25) is 0 Å². The van der Waals surface area contributed by atoms with Crippen LogP contribution in [-0.4, -0.2) is 23.9 Å². The summed E-state index contributed by atoms with van der Waals surface area (Å²) in [5, 5.41) is 9.03. The van der Waals surface area contributed by atoms with E-state index >= 15 is 0 Å². The van der Waals surface area contributed by atoms with Gasteiger partial charge in [0, 0.05) is 17.0 Å². The van der Waals surface area contributed by atoms with Crippen LogP contribution in [0.3, 0.4) is 0 Å². The molecule has 19 heavy (non-hydrogen) atoms. The van der Waals surface area contributed by atoms with Crippen LogP contribution < -0.4 is 10.5 Å². The van der Waals surface area contributed by atoms with Gasteiger partial charge in [-0.1, -0.05) is 11.6 Å². The van der Waals surface area contributed by atoms with Gasteiger partial charge in [-0.05, 0) is 43.3 Å². The first-order chi connectivity index (χ1) is 9.15. The number of aromatic nitrogens is 2. The molecule has 1 aromatic carbocycles. The summed E-state index contributed by atoms with van der Waals surface area (Å²) in [6, 6.07) is 7.57. The van der Waals surface area contributed by atoms with Crippen molar-refractivity contribution in [2.24, 2.45) is 5.73 Å². The van der Waals surface area contributed by atoms with Crippen molar-refractivity contribution in [3.63, 3.8) is 0 Å². The predicted molar refractivity (Wildman–Crippen MR) is 76.5 cm³/mol.